The van der Waals surface area contributed by atoms with E-state index in [1.54, 1.807) is 0 Å². The molecular formula is C5H7NO3. The number of hydrogen-bond donors (Lipinski definition) is 2. The molecule has 0 radical (unpaired) electrons. The van der Waals surface area contributed by atoms with Gasteiger partial charge in [0.05, 0.1) is 6.42 Å². The van der Waals surface area contributed by atoms with Gasteiger partial charge >= 0.3 is 5.97 Å². The Labute approximate surface area is 52.6 Å². The highest BCUT2D eigenvalue weighted by Gasteiger charge is 2.10. The lowest BCUT2D eigenvalue weighted by Crippen LogP contribution is -2.14. The van der Waals surface area contributed by atoms with Crippen molar-refractivity contribution in [1.82, 2.24) is 0 Å². The van der Waals surface area contributed by atoms with Crippen molar-refractivity contribution in [3.63, 3.8) is 0 Å². The first-order valence-electron chi connectivity index (χ1n) is 2.40. The van der Waals surface area contributed by atoms with Crippen molar-refractivity contribution in [3.8, 4) is 0 Å². The minimum atomic E-state index is -1.08. The molecule has 0 rings (SSSR count). The Bertz CT molecular complexity index is 138. The quantitative estimate of drug-likeness (QED) is 0.516. The summed E-state index contributed by atoms with van der Waals surface area (Å²) in [4.78, 5) is 12.6. The summed E-state index contributed by atoms with van der Waals surface area (Å²) >= 11 is 0. The molecule has 50 valence electrons. The molecule has 0 aliphatic carbocycles. The van der Waals surface area contributed by atoms with E-state index in [1.165, 1.54) is 0 Å². The lowest BCUT2D eigenvalue weighted by atomic mass is 10.3. The third kappa shape index (κ3) is 4.78. The van der Waals surface area contributed by atoms with Gasteiger partial charge in [0, 0.05) is 0 Å². The Morgan fingerprint density at radius 2 is 2.33 bits per heavy atom. The van der Waals surface area contributed by atoms with E-state index in [-0.39, 0.29) is 13.0 Å². The highest BCUT2D eigenvalue weighted by atomic mass is 16.4. The highest BCUT2D eigenvalue weighted by molar-refractivity contribution is 5.67. The average molecular weight is 129 g/mol. The van der Waals surface area contributed by atoms with Crippen LogP contribution in [0.3, 0.4) is 0 Å². The molecule has 1 atom stereocenters. The van der Waals surface area contributed by atoms with Gasteiger partial charge in [-0.25, -0.2) is 6.57 Å². The van der Waals surface area contributed by atoms with Crippen LogP contribution in [0.25, 0.3) is 4.85 Å². The van der Waals surface area contributed by atoms with E-state index in [0.29, 0.717) is 0 Å². The van der Waals surface area contributed by atoms with Gasteiger partial charge < -0.3 is 15.1 Å². The minimum Gasteiger partial charge on any atom is -0.481 e. The maximum absolute atomic E-state index is 9.82. The molecule has 0 aromatic rings. The molecule has 9 heavy (non-hydrogen) atoms. The summed E-state index contributed by atoms with van der Waals surface area (Å²) in [6, 6.07) is 0. The van der Waals surface area contributed by atoms with Crippen molar-refractivity contribution in [2.24, 2.45) is 0 Å². The topological polar surface area (TPSA) is 61.9 Å². The largest absolute Gasteiger partial charge is 0.481 e. The Morgan fingerprint density at radius 1 is 1.78 bits per heavy atom. The summed E-state index contributed by atoms with van der Waals surface area (Å²) in [5.41, 5.74) is 0. The molecule has 0 fully saturated rings. The van der Waals surface area contributed by atoms with E-state index in [0.717, 1.165) is 0 Å². The van der Waals surface area contributed by atoms with Crippen molar-refractivity contribution in [2.45, 2.75) is 12.5 Å². The molecule has 4 heteroatoms. The molecule has 0 amide bonds. The third-order valence-electron chi connectivity index (χ3n) is 0.712. The van der Waals surface area contributed by atoms with Crippen molar-refractivity contribution >= 4 is 5.97 Å². The van der Waals surface area contributed by atoms with Gasteiger partial charge in [-0.05, 0) is 0 Å². The van der Waals surface area contributed by atoms with Crippen LogP contribution in [0.2, 0.25) is 0 Å². The highest BCUT2D eigenvalue weighted by Crippen LogP contribution is 1.90. The van der Waals surface area contributed by atoms with Crippen LogP contribution in [0.1, 0.15) is 6.42 Å². The van der Waals surface area contributed by atoms with E-state index < -0.39 is 12.1 Å². The monoisotopic (exact) mass is 129 g/mol. The second-order valence-corrected chi connectivity index (χ2v) is 1.59. The second kappa shape index (κ2) is 3.87. The van der Waals surface area contributed by atoms with E-state index >= 15 is 0 Å². The maximum Gasteiger partial charge on any atom is 0.306 e. The zero-order valence-corrected chi connectivity index (χ0v) is 4.74. The number of carbonyl (C=O) groups is 1. The first kappa shape index (κ1) is 7.92. The fourth-order valence-electron chi connectivity index (χ4n) is 0.371. The lowest BCUT2D eigenvalue weighted by molar-refractivity contribution is -0.138. The van der Waals surface area contributed by atoms with Gasteiger partial charge in [-0.2, -0.15) is 0 Å². The Hall–Kier alpha value is -1.08. The van der Waals surface area contributed by atoms with Gasteiger partial charge in [0.1, 0.15) is 6.10 Å². The molecule has 0 unspecified atom stereocenters. The minimum absolute atomic E-state index is 0.133. The number of aliphatic hydroxyl groups is 1. The average Bonchev–Trinajstić information content (AvgIpc) is 1.63. The standard InChI is InChI=1S/C5H7NO3/c1-6-3-4(7)2-5(8)9/h4,7H,2-3H2,(H,8,9)/t4-/m0/s1. The molecule has 4 nitrogen and oxygen atoms in total. The summed E-state index contributed by atoms with van der Waals surface area (Å²) < 4.78 is 0. The van der Waals surface area contributed by atoms with Crippen molar-refractivity contribution in [1.29, 1.82) is 0 Å². The van der Waals surface area contributed by atoms with Crippen LogP contribution in [-0.2, 0) is 4.79 Å². The van der Waals surface area contributed by atoms with Crippen LogP contribution in [0.5, 0.6) is 0 Å². The first-order chi connectivity index (χ1) is 4.16. The molecule has 0 bridgehead atoms. The van der Waals surface area contributed by atoms with Gasteiger partial charge in [-0.1, -0.05) is 0 Å². The lowest BCUT2D eigenvalue weighted by Gasteiger charge is -1.96. The fraction of sp³-hybridized carbons (Fsp3) is 0.600. The van der Waals surface area contributed by atoms with Crippen LogP contribution < -0.4 is 0 Å². The second-order valence-electron chi connectivity index (χ2n) is 1.59. The van der Waals surface area contributed by atoms with Crippen molar-refractivity contribution in [2.75, 3.05) is 6.54 Å². The predicted molar refractivity (Wildman–Crippen MR) is 29.7 cm³/mol. The molecule has 0 saturated carbocycles. The Balaban J connectivity index is 3.40. The molecule has 0 aliphatic rings. The number of nitrogens with zero attached hydrogens (tertiary/aromatic N) is 1. The van der Waals surface area contributed by atoms with E-state index in [1.807, 2.05) is 0 Å². The third-order valence-corrected chi connectivity index (χ3v) is 0.712. The summed E-state index contributed by atoms with van der Waals surface area (Å²) in [5, 5.41) is 16.7. The van der Waals surface area contributed by atoms with Crippen molar-refractivity contribution in [3.05, 3.63) is 11.4 Å². The summed E-state index contributed by atoms with van der Waals surface area (Å²) in [6.45, 7) is 6.12. The normalized spacial score (nSPS) is 12.0. The SMILES string of the molecule is [C-]#[N+]C[C@@H](O)CC(=O)O. The summed E-state index contributed by atoms with van der Waals surface area (Å²) in [6.07, 6.45) is -1.36. The van der Waals surface area contributed by atoms with Crippen LogP contribution in [-0.4, -0.2) is 28.8 Å². The number of hydrogen-bond acceptors (Lipinski definition) is 2. The first-order valence-corrected chi connectivity index (χ1v) is 2.40. The number of carboxylic acid groups (broad SMARTS) is 1. The van der Waals surface area contributed by atoms with Crippen LogP contribution in [0.15, 0.2) is 0 Å². The van der Waals surface area contributed by atoms with E-state index in [9.17, 15) is 4.79 Å². The van der Waals surface area contributed by atoms with Gasteiger partial charge in [0.15, 0.2) is 0 Å². The zero-order chi connectivity index (χ0) is 7.28. The van der Waals surface area contributed by atoms with Gasteiger partial charge in [-0.3, -0.25) is 4.79 Å². The Kier molecular flexibility index (Phi) is 3.40. The smallest absolute Gasteiger partial charge is 0.306 e. The van der Waals surface area contributed by atoms with Gasteiger partial charge in [-0.15, -0.1) is 0 Å². The fourth-order valence-corrected chi connectivity index (χ4v) is 0.371. The number of aliphatic carboxylic acids is 1. The molecule has 0 heterocycles. The predicted octanol–water partition coefficient (Wildman–Crippen LogP) is -0.259. The Morgan fingerprint density at radius 3 is 2.67 bits per heavy atom. The molecule has 0 aromatic carbocycles. The molecule has 0 aliphatic heterocycles. The molecule has 2 N–H and O–H groups in total. The zero-order valence-electron chi connectivity index (χ0n) is 4.74. The van der Waals surface area contributed by atoms with Crippen LogP contribution in [0, 0.1) is 6.57 Å². The molecule has 0 aromatic heterocycles. The molecular weight excluding hydrogens is 122 g/mol. The van der Waals surface area contributed by atoms with Crippen LogP contribution >= 0.6 is 0 Å². The summed E-state index contributed by atoms with van der Waals surface area (Å²) in [5.74, 6) is -1.08. The van der Waals surface area contributed by atoms with E-state index in [2.05, 4.69) is 4.85 Å². The number of aliphatic hydroxyl groups excluding tert-OH is 1. The van der Waals surface area contributed by atoms with Crippen molar-refractivity contribution < 1.29 is 15.0 Å². The summed E-state index contributed by atoms with van der Waals surface area (Å²) in [7, 11) is 0. The number of rotatable bonds is 3. The molecule has 0 spiro atoms. The molecule has 0 saturated heterocycles. The van der Waals surface area contributed by atoms with E-state index in [4.69, 9.17) is 16.8 Å². The van der Waals surface area contributed by atoms with Crippen LogP contribution in [0.4, 0.5) is 0 Å². The maximum atomic E-state index is 9.82. The van der Waals surface area contributed by atoms with Gasteiger partial charge in [0.2, 0.25) is 6.54 Å². The number of carboxylic acids is 1. The van der Waals surface area contributed by atoms with Gasteiger partial charge in [0.25, 0.3) is 0 Å².